The van der Waals surface area contributed by atoms with Crippen LogP contribution in [-0.4, -0.2) is 30.4 Å². The molecule has 0 atom stereocenters. The Labute approximate surface area is 289 Å². The number of nitrogens with zero attached hydrogens (tertiary/aromatic N) is 6. The minimum Gasteiger partial charge on any atom is -0.421 e. The monoisotopic (exact) mass is 654 g/mol. The van der Waals surface area contributed by atoms with Gasteiger partial charge in [0.05, 0.1) is 22.4 Å². The molecule has 0 saturated heterocycles. The van der Waals surface area contributed by atoms with Crippen LogP contribution in [0.4, 0.5) is 0 Å². The van der Waals surface area contributed by atoms with Crippen LogP contribution in [0.25, 0.3) is 78.7 Å². The van der Waals surface area contributed by atoms with E-state index in [-0.39, 0.29) is 0 Å². The maximum atomic E-state index is 5.81. The lowest BCUT2D eigenvalue weighted by Gasteiger charge is -2.12. The Kier molecular flexibility index (Phi) is 8.49. The molecule has 0 spiro atoms. The zero-order chi connectivity index (χ0) is 33.9. The molecule has 8 heteroatoms. The Balaban J connectivity index is 1.06. The average Bonchev–Trinajstić information content (AvgIpc) is 3.85. The van der Waals surface area contributed by atoms with Crippen molar-refractivity contribution in [1.82, 2.24) is 30.4 Å². The molecule has 0 aliphatic carbocycles. The molecule has 0 amide bonds. The van der Waals surface area contributed by atoms with Crippen molar-refractivity contribution < 1.29 is 8.83 Å². The number of para-hydroxylation sites is 2. The van der Waals surface area contributed by atoms with Crippen LogP contribution in [0.3, 0.4) is 0 Å². The van der Waals surface area contributed by atoms with Gasteiger partial charge in [-0.25, -0.2) is 9.97 Å². The van der Waals surface area contributed by atoms with Crippen molar-refractivity contribution in [3.8, 4) is 67.7 Å². The molecule has 5 aromatic carbocycles. The van der Waals surface area contributed by atoms with Gasteiger partial charge in [0, 0.05) is 35.1 Å². The number of hydrogen-bond acceptors (Lipinski definition) is 8. The molecule has 50 heavy (non-hydrogen) atoms. The van der Waals surface area contributed by atoms with Crippen LogP contribution in [0.2, 0.25) is 0 Å². The lowest BCUT2D eigenvalue weighted by atomic mass is 9.97. The standard InChI is InChI=1S/C42H34N6O2/c1-3-7-37-45-47-41(49-37)33-23-15-29(16-24-33)27-11-19-31(20-12-27)39-40(44-36-10-6-5-9-35(36)43-39)32-21-13-28(14-22-32)30-17-25-34(26-18-30)42-48-46-38(50-42)8-4-2/h5-6,9-26H,3-4,7-8H2,1-2H3. The zero-order valence-electron chi connectivity index (χ0n) is 27.9. The topological polar surface area (TPSA) is 104 Å². The molecule has 0 aliphatic heterocycles. The number of rotatable bonds is 10. The summed E-state index contributed by atoms with van der Waals surface area (Å²) in [6, 6.07) is 41.4. The Hall–Kier alpha value is -6.28. The highest BCUT2D eigenvalue weighted by atomic mass is 16.4. The van der Waals surface area contributed by atoms with Crippen molar-refractivity contribution in [3.63, 3.8) is 0 Å². The molecule has 3 aromatic heterocycles. The molecule has 0 aliphatic rings. The average molecular weight is 655 g/mol. The summed E-state index contributed by atoms with van der Waals surface area (Å²) in [4.78, 5) is 10.2. The summed E-state index contributed by atoms with van der Waals surface area (Å²) >= 11 is 0. The second-order valence-corrected chi connectivity index (χ2v) is 12.2. The molecule has 0 saturated carbocycles. The Morgan fingerprint density at radius 1 is 0.380 bits per heavy atom. The summed E-state index contributed by atoms with van der Waals surface area (Å²) in [5.74, 6) is 2.43. The largest absolute Gasteiger partial charge is 0.421 e. The first kappa shape index (κ1) is 31.0. The van der Waals surface area contributed by atoms with E-state index in [4.69, 9.17) is 18.8 Å². The van der Waals surface area contributed by atoms with E-state index < -0.39 is 0 Å². The molecule has 0 unspecified atom stereocenters. The number of hydrogen-bond donors (Lipinski definition) is 0. The first-order valence-corrected chi connectivity index (χ1v) is 17.0. The van der Waals surface area contributed by atoms with Crippen LogP contribution in [0, 0.1) is 0 Å². The Bertz CT molecular complexity index is 2210. The van der Waals surface area contributed by atoms with E-state index in [9.17, 15) is 0 Å². The second kappa shape index (κ2) is 13.7. The summed E-state index contributed by atoms with van der Waals surface area (Å²) < 4.78 is 11.6. The highest BCUT2D eigenvalue weighted by molar-refractivity contribution is 5.87. The molecule has 3 heterocycles. The van der Waals surface area contributed by atoms with Crippen LogP contribution in [0.15, 0.2) is 130 Å². The first-order valence-electron chi connectivity index (χ1n) is 17.0. The molecule has 244 valence electrons. The number of fused-ring (bicyclic) bond motifs is 1. The van der Waals surface area contributed by atoms with Crippen molar-refractivity contribution in [2.45, 2.75) is 39.5 Å². The number of aromatic nitrogens is 6. The van der Waals surface area contributed by atoms with E-state index in [1.165, 1.54) is 0 Å². The molecule has 8 aromatic rings. The van der Waals surface area contributed by atoms with E-state index in [0.717, 1.165) is 92.6 Å². The second-order valence-electron chi connectivity index (χ2n) is 12.2. The van der Waals surface area contributed by atoms with Gasteiger partial charge in [0.25, 0.3) is 0 Å². The molecule has 0 bridgehead atoms. The van der Waals surface area contributed by atoms with Gasteiger partial charge in [-0.05, 0) is 71.5 Å². The van der Waals surface area contributed by atoms with Gasteiger partial charge in [0.15, 0.2) is 0 Å². The number of aryl methyl sites for hydroxylation is 2. The van der Waals surface area contributed by atoms with Crippen molar-refractivity contribution in [2.75, 3.05) is 0 Å². The fourth-order valence-electron chi connectivity index (χ4n) is 6.02. The van der Waals surface area contributed by atoms with Crippen LogP contribution >= 0.6 is 0 Å². The van der Waals surface area contributed by atoms with Gasteiger partial charge in [0.2, 0.25) is 23.6 Å². The van der Waals surface area contributed by atoms with E-state index in [1.54, 1.807) is 0 Å². The van der Waals surface area contributed by atoms with Gasteiger partial charge in [-0.3, -0.25) is 0 Å². The van der Waals surface area contributed by atoms with Gasteiger partial charge in [-0.15, -0.1) is 20.4 Å². The predicted octanol–water partition coefficient (Wildman–Crippen LogP) is 10.3. The molecular formula is C42H34N6O2. The summed E-state index contributed by atoms with van der Waals surface area (Å²) in [6.07, 6.45) is 3.50. The van der Waals surface area contributed by atoms with Crippen molar-refractivity contribution in [1.29, 1.82) is 0 Å². The molecule has 8 nitrogen and oxygen atoms in total. The van der Waals surface area contributed by atoms with E-state index in [1.807, 2.05) is 48.5 Å². The Morgan fingerprint density at radius 3 is 1.04 bits per heavy atom. The number of benzene rings is 5. The third kappa shape index (κ3) is 6.31. The highest BCUT2D eigenvalue weighted by Crippen LogP contribution is 2.34. The molecular weight excluding hydrogens is 621 g/mol. The quantitative estimate of drug-likeness (QED) is 0.143. The van der Waals surface area contributed by atoms with Crippen LogP contribution in [0.5, 0.6) is 0 Å². The van der Waals surface area contributed by atoms with E-state index >= 15 is 0 Å². The van der Waals surface area contributed by atoms with Crippen LogP contribution in [0.1, 0.15) is 38.5 Å². The van der Waals surface area contributed by atoms with Gasteiger partial charge in [-0.2, -0.15) is 0 Å². The smallest absolute Gasteiger partial charge is 0.247 e. The normalized spacial score (nSPS) is 11.3. The summed E-state index contributed by atoms with van der Waals surface area (Å²) in [5, 5.41) is 16.7. The SMILES string of the molecule is CCCc1nnc(-c2ccc(-c3ccc(-c4nc5ccccc5nc4-c4ccc(-c5ccc(-c6nnc(CCC)o6)cc5)cc4)cc3)cc2)o1. The Morgan fingerprint density at radius 2 is 0.700 bits per heavy atom. The maximum absolute atomic E-state index is 5.81. The maximum Gasteiger partial charge on any atom is 0.247 e. The molecule has 8 rings (SSSR count). The first-order chi connectivity index (χ1) is 24.6. The van der Waals surface area contributed by atoms with Crippen LogP contribution < -0.4 is 0 Å². The van der Waals surface area contributed by atoms with Gasteiger partial charge in [-0.1, -0.05) is 98.8 Å². The molecule has 0 radical (unpaired) electrons. The van der Waals surface area contributed by atoms with E-state index in [0.29, 0.717) is 23.6 Å². The van der Waals surface area contributed by atoms with Gasteiger partial charge in [0.1, 0.15) is 0 Å². The third-order valence-electron chi connectivity index (χ3n) is 8.68. The molecule has 0 N–H and O–H groups in total. The lowest BCUT2D eigenvalue weighted by Crippen LogP contribution is -1.95. The molecule has 0 fully saturated rings. The lowest BCUT2D eigenvalue weighted by molar-refractivity contribution is 0.502. The fraction of sp³-hybridized carbons (Fsp3) is 0.143. The minimum atomic E-state index is 0.546. The highest BCUT2D eigenvalue weighted by Gasteiger charge is 2.15. The summed E-state index contributed by atoms with van der Waals surface area (Å²) in [7, 11) is 0. The summed E-state index contributed by atoms with van der Waals surface area (Å²) in [6.45, 7) is 4.19. The van der Waals surface area contributed by atoms with Crippen molar-refractivity contribution >= 4 is 11.0 Å². The van der Waals surface area contributed by atoms with E-state index in [2.05, 4.69) is 107 Å². The van der Waals surface area contributed by atoms with Crippen molar-refractivity contribution in [2.24, 2.45) is 0 Å². The van der Waals surface area contributed by atoms with Gasteiger partial charge < -0.3 is 8.83 Å². The third-order valence-corrected chi connectivity index (χ3v) is 8.68. The minimum absolute atomic E-state index is 0.546. The van der Waals surface area contributed by atoms with Crippen LogP contribution in [-0.2, 0) is 12.8 Å². The predicted molar refractivity (Wildman–Crippen MR) is 196 cm³/mol. The van der Waals surface area contributed by atoms with Crippen molar-refractivity contribution in [3.05, 3.63) is 133 Å². The zero-order valence-corrected chi connectivity index (χ0v) is 27.9. The summed E-state index contributed by atoms with van der Waals surface area (Å²) in [5.41, 5.74) is 11.6. The van der Waals surface area contributed by atoms with Gasteiger partial charge >= 0.3 is 0 Å². The fourth-order valence-corrected chi connectivity index (χ4v) is 6.02.